The van der Waals surface area contributed by atoms with Crippen molar-refractivity contribution >= 4 is 5.91 Å². The quantitative estimate of drug-likeness (QED) is 0.884. The number of benzene rings is 1. The highest BCUT2D eigenvalue weighted by atomic mass is 16.5. The molecular weight excluding hydrogens is 268 g/mol. The van der Waals surface area contributed by atoms with Crippen molar-refractivity contribution in [1.82, 2.24) is 10.5 Å². The molecule has 5 nitrogen and oxygen atoms in total. The molecule has 0 radical (unpaired) electrons. The van der Waals surface area contributed by atoms with Crippen LogP contribution in [-0.4, -0.2) is 23.2 Å². The fourth-order valence-electron chi connectivity index (χ4n) is 2.21. The Morgan fingerprint density at radius 2 is 2.05 bits per heavy atom. The number of aryl methyl sites for hydroxylation is 2. The first-order chi connectivity index (χ1) is 10.1. The van der Waals surface area contributed by atoms with Crippen LogP contribution >= 0.6 is 0 Å². The van der Waals surface area contributed by atoms with Gasteiger partial charge in [0.15, 0.2) is 5.76 Å². The SMILES string of the molecule is CCc1noc(CC(O)c2ccc(C)cc2)c1C(=O)NC. The predicted octanol–water partition coefficient (Wildman–Crippen LogP) is 2.18. The largest absolute Gasteiger partial charge is 0.388 e. The third-order valence-electron chi connectivity index (χ3n) is 3.46. The second kappa shape index (κ2) is 6.54. The summed E-state index contributed by atoms with van der Waals surface area (Å²) in [6.07, 6.45) is 0.0952. The van der Waals surface area contributed by atoms with Crippen molar-refractivity contribution in [2.45, 2.75) is 32.8 Å². The number of aromatic nitrogens is 1. The third-order valence-corrected chi connectivity index (χ3v) is 3.46. The van der Waals surface area contributed by atoms with E-state index in [9.17, 15) is 9.90 Å². The highest BCUT2D eigenvalue weighted by Gasteiger charge is 2.23. The van der Waals surface area contributed by atoms with Gasteiger partial charge in [0.25, 0.3) is 5.91 Å². The Kier molecular flexibility index (Phi) is 4.75. The Morgan fingerprint density at radius 1 is 1.38 bits per heavy atom. The van der Waals surface area contributed by atoms with E-state index in [0.717, 1.165) is 11.1 Å². The Labute approximate surface area is 124 Å². The van der Waals surface area contributed by atoms with Gasteiger partial charge in [-0.3, -0.25) is 4.79 Å². The minimum absolute atomic E-state index is 0.221. The summed E-state index contributed by atoms with van der Waals surface area (Å²) in [5.41, 5.74) is 2.97. The van der Waals surface area contributed by atoms with Crippen LogP contribution in [0.3, 0.4) is 0 Å². The number of rotatable bonds is 5. The summed E-state index contributed by atoms with van der Waals surface area (Å²) < 4.78 is 5.25. The number of carbonyl (C=O) groups is 1. The zero-order chi connectivity index (χ0) is 15.4. The van der Waals surface area contributed by atoms with Crippen LogP contribution in [0.15, 0.2) is 28.8 Å². The lowest BCUT2D eigenvalue weighted by Gasteiger charge is -2.10. The molecule has 0 fully saturated rings. The van der Waals surface area contributed by atoms with Crippen LogP contribution in [0.5, 0.6) is 0 Å². The molecule has 1 atom stereocenters. The van der Waals surface area contributed by atoms with E-state index in [2.05, 4.69) is 10.5 Å². The maximum atomic E-state index is 11.9. The van der Waals surface area contributed by atoms with Crippen molar-refractivity contribution in [3.63, 3.8) is 0 Å². The molecule has 0 saturated carbocycles. The number of hydrogen-bond donors (Lipinski definition) is 2. The molecule has 0 aliphatic carbocycles. The van der Waals surface area contributed by atoms with Crippen molar-refractivity contribution in [1.29, 1.82) is 0 Å². The van der Waals surface area contributed by atoms with Crippen molar-refractivity contribution in [3.8, 4) is 0 Å². The van der Waals surface area contributed by atoms with Crippen molar-refractivity contribution in [3.05, 3.63) is 52.4 Å². The molecule has 1 aromatic heterocycles. The summed E-state index contributed by atoms with van der Waals surface area (Å²) >= 11 is 0. The zero-order valence-electron chi connectivity index (χ0n) is 12.5. The van der Waals surface area contributed by atoms with Crippen LogP contribution in [0.4, 0.5) is 0 Å². The molecule has 0 aliphatic heterocycles. The number of nitrogens with zero attached hydrogens (tertiary/aromatic N) is 1. The van der Waals surface area contributed by atoms with E-state index in [1.165, 1.54) is 0 Å². The summed E-state index contributed by atoms with van der Waals surface area (Å²) in [6.45, 7) is 3.90. The molecule has 1 heterocycles. The number of aliphatic hydroxyl groups is 1. The lowest BCUT2D eigenvalue weighted by atomic mass is 10.0. The Morgan fingerprint density at radius 3 is 2.62 bits per heavy atom. The van der Waals surface area contributed by atoms with Crippen LogP contribution in [-0.2, 0) is 12.8 Å². The van der Waals surface area contributed by atoms with E-state index in [1.807, 2.05) is 38.1 Å². The second-order valence-electron chi connectivity index (χ2n) is 4.99. The van der Waals surface area contributed by atoms with E-state index < -0.39 is 6.10 Å². The highest BCUT2D eigenvalue weighted by Crippen LogP contribution is 2.23. The first-order valence-electron chi connectivity index (χ1n) is 7.01. The van der Waals surface area contributed by atoms with Crippen molar-refractivity contribution < 1.29 is 14.4 Å². The number of nitrogens with one attached hydrogen (secondary N) is 1. The van der Waals surface area contributed by atoms with Gasteiger partial charge in [-0.15, -0.1) is 0 Å². The van der Waals surface area contributed by atoms with Gasteiger partial charge in [-0.2, -0.15) is 0 Å². The molecule has 1 amide bonds. The molecule has 0 aliphatic rings. The Hall–Kier alpha value is -2.14. The number of aliphatic hydroxyl groups excluding tert-OH is 1. The van der Waals surface area contributed by atoms with Crippen LogP contribution in [0.25, 0.3) is 0 Å². The summed E-state index contributed by atoms with van der Waals surface area (Å²) in [4.78, 5) is 11.9. The van der Waals surface area contributed by atoms with Gasteiger partial charge < -0.3 is 14.9 Å². The van der Waals surface area contributed by atoms with Gasteiger partial charge in [-0.05, 0) is 18.9 Å². The van der Waals surface area contributed by atoms with Crippen molar-refractivity contribution in [2.75, 3.05) is 7.05 Å². The van der Waals surface area contributed by atoms with Crippen LogP contribution < -0.4 is 5.32 Å². The van der Waals surface area contributed by atoms with Crippen LogP contribution in [0.1, 0.15) is 46.0 Å². The molecule has 2 rings (SSSR count). The van der Waals surface area contributed by atoms with Gasteiger partial charge >= 0.3 is 0 Å². The smallest absolute Gasteiger partial charge is 0.256 e. The Bertz CT molecular complexity index is 617. The molecule has 21 heavy (non-hydrogen) atoms. The summed E-state index contributed by atoms with van der Waals surface area (Å²) in [5, 5.41) is 16.8. The van der Waals surface area contributed by atoms with Crippen LogP contribution in [0, 0.1) is 6.92 Å². The van der Waals surface area contributed by atoms with E-state index in [-0.39, 0.29) is 12.3 Å². The standard InChI is InChI=1S/C16H20N2O3/c1-4-12-15(16(20)17-3)14(21-18-12)9-13(19)11-7-5-10(2)6-8-11/h5-8,13,19H,4,9H2,1-3H3,(H,17,20). The Balaban J connectivity index is 2.24. The fraction of sp³-hybridized carbons (Fsp3) is 0.375. The molecule has 1 aromatic carbocycles. The lowest BCUT2D eigenvalue weighted by molar-refractivity contribution is 0.0958. The molecule has 2 N–H and O–H groups in total. The summed E-state index contributed by atoms with van der Waals surface area (Å²) in [6, 6.07) is 7.62. The van der Waals surface area contributed by atoms with Gasteiger partial charge in [0.1, 0.15) is 5.56 Å². The van der Waals surface area contributed by atoms with E-state index >= 15 is 0 Å². The first-order valence-corrected chi connectivity index (χ1v) is 7.01. The summed E-state index contributed by atoms with van der Waals surface area (Å²) in [7, 11) is 1.56. The average Bonchev–Trinajstić information content (AvgIpc) is 2.89. The maximum Gasteiger partial charge on any atom is 0.256 e. The van der Waals surface area contributed by atoms with Crippen molar-refractivity contribution in [2.24, 2.45) is 0 Å². The molecule has 0 saturated heterocycles. The molecule has 2 aromatic rings. The first kappa shape index (κ1) is 15.3. The third kappa shape index (κ3) is 3.31. The molecular formula is C16H20N2O3. The van der Waals surface area contributed by atoms with Gasteiger partial charge in [0.2, 0.25) is 0 Å². The number of amides is 1. The van der Waals surface area contributed by atoms with E-state index in [4.69, 9.17) is 4.52 Å². The second-order valence-corrected chi connectivity index (χ2v) is 4.99. The molecule has 0 bridgehead atoms. The predicted molar refractivity (Wildman–Crippen MR) is 79.1 cm³/mol. The van der Waals surface area contributed by atoms with E-state index in [1.54, 1.807) is 7.05 Å². The molecule has 0 spiro atoms. The van der Waals surface area contributed by atoms with Gasteiger partial charge in [0, 0.05) is 13.5 Å². The highest BCUT2D eigenvalue weighted by molar-refractivity contribution is 5.96. The zero-order valence-corrected chi connectivity index (χ0v) is 12.5. The topological polar surface area (TPSA) is 75.4 Å². The van der Waals surface area contributed by atoms with Crippen LogP contribution in [0.2, 0.25) is 0 Å². The van der Waals surface area contributed by atoms with Gasteiger partial charge in [0.05, 0.1) is 11.8 Å². The number of carbonyl (C=O) groups excluding carboxylic acids is 1. The monoisotopic (exact) mass is 288 g/mol. The molecule has 1 unspecified atom stereocenters. The lowest BCUT2D eigenvalue weighted by Crippen LogP contribution is -2.20. The number of hydrogen-bond acceptors (Lipinski definition) is 4. The fourth-order valence-corrected chi connectivity index (χ4v) is 2.21. The molecule has 5 heteroatoms. The van der Waals surface area contributed by atoms with E-state index in [0.29, 0.717) is 23.4 Å². The normalized spacial score (nSPS) is 12.2. The minimum atomic E-state index is -0.730. The minimum Gasteiger partial charge on any atom is -0.388 e. The summed E-state index contributed by atoms with van der Waals surface area (Å²) in [5.74, 6) is 0.179. The maximum absolute atomic E-state index is 11.9. The van der Waals surface area contributed by atoms with Gasteiger partial charge in [-0.1, -0.05) is 41.9 Å². The van der Waals surface area contributed by atoms with Gasteiger partial charge in [-0.25, -0.2) is 0 Å². The molecule has 112 valence electrons. The average molecular weight is 288 g/mol.